The number of rotatable bonds is 8. The Labute approximate surface area is 144 Å². The van der Waals surface area contributed by atoms with E-state index in [1.807, 2.05) is 60.7 Å². The molecule has 0 aliphatic heterocycles. The predicted octanol–water partition coefficient (Wildman–Crippen LogP) is 4.11. The molecule has 0 unspecified atom stereocenters. The number of benzene rings is 2. The molecule has 0 aliphatic rings. The molecule has 0 bridgehead atoms. The lowest BCUT2D eigenvalue weighted by Crippen LogP contribution is -2.30. The van der Waals surface area contributed by atoms with Crippen molar-refractivity contribution in [2.45, 2.75) is 13.2 Å². The Hall–Kier alpha value is -1.63. The Morgan fingerprint density at radius 2 is 1.57 bits per heavy atom. The zero-order valence-corrected chi connectivity index (χ0v) is 14.3. The predicted molar refractivity (Wildman–Crippen MR) is 95.7 cm³/mol. The summed E-state index contributed by atoms with van der Waals surface area (Å²) in [7, 11) is 2.72. The minimum absolute atomic E-state index is 0.0168. The zero-order valence-electron chi connectivity index (χ0n) is 12.6. The Morgan fingerprint density at radius 1 is 0.957 bits per heavy atom. The summed E-state index contributed by atoms with van der Waals surface area (Å²) in [4.78, 5) is 14.0. The first-order valence-corrected chi connectivity index (χ1v) is 9.63. The molecule has 0 spiro atoms. The highest BCUT2D eigenvalue weighted by Gasteiger charge is 2.16. The van der Waals surface area contributed by atoms with Crippen molar-refractivity contribution in [3.63, 3.8) is 0 Å². The normalized spacial score (nSPS) is 10.3. The molecule has 23 heavy (non-hydrogen) atoms. The minimum Gasteiger partial charge on any atom is -0.445 e. The number of carbonyl (C=O) groups is 1. The van der Waals surface area contributed by atoms with Gasteiger partial charge in [0.1, 0.15) is 6.61 Å². The molecular formula is C17H19NO3S2. The molecule has 1 N–H and O–H groups in total. The van der Waals surface area contributed by atoms with Crippen LogP contribution in [0.1, 0.15) is 11.1 Å². The molecule has 4 nitrogen and oxygen atoms in total. The highest BCUT2D eigenvalue weighted by molar-refractivity contribution is 8.76. The molecule has 0 saturated carbocycles. The third-order valence-electron chi connectivity index (χ3n) is 3.02. The molecule has 0 aromatic heterocycles. The van der Waals surface area contributed by atoms with E-state index in [0.29, 0.717) is 12.4 Å². The standard InChI is InChI=1S/C17H19NO3S2/c19-14-23-22-13-18(11-15-7-3-1-4-8-15)17(20)21-12-16-9-5-2-6-10-16/h1-10,19H,11-14H2. The molecule has 6 heteroatoms. The zero-order chi connectivity index (χ0) is 16.3. The molecule has 0 atom stereocenters. The summed E-state index contributed by atoms with van der Waals surface area (Å²) in [6.45, 7) is 0.732. The fourth-order valence-corrected chi connectivity index (χ4v) is 3.22. The van der Waals surface area contributed by atoms with Gasteiger partial charge in [0.05, 0.1) is 11.8 Å². The van der Waals surface area contributed by atoms with E-state index in [1.165, 1.54) is 21.6 Å². The largest absolute Gasteiger partial charge is 0.445 e. The summed E-state index contributed by atoms with van der Waals surface area (Å²) < 4.78 is 5.40. The molecule has 2 aromatic carbocycles. The van der Waals surface area contributed by atoms with Gasteiger partial charge >= 0.3 is 6.09 Å². The highest BCUT2D eigenvalue weighted by Crippen LogP contribution is 2.22. The van der Waals surface area contributed by atoms with Gasteiger partial charge in [-0.15, -0.1) is 0 Å². The van der Waals surface area contributed by atoms with Gasteiger partial charge in [-0.25, -0.2) is 4.79 Å². The summed E-state index contributed by atoms with van der Waals surface area (Å²) >= 11 is 0. The van der Waals surface area contributed by atoms with Gasteiger partial charge in [0.15, 0.2) is 0 Å². The van der Waals surface area contributed by atoms with E-state index in [-0.39, 0.29) is 18.6 Å². The summed E-state index contributed by atoms with van der Waals surface area (Å²) in [5, 5.41) is 8.87. The van der Waals surface area contributed by atoms with E-state index in [0.717, 1.165) is 11.1 Å². The van der Waals surface area contributed by atoms with E-state index < -0.39 is 0 Å². The van der Waals surface area contributed by atoms with Gasteiger partial charge in [0.2, 0.25) is 0 Å². The number of amides is 1. The Balaban J connectivity index is 1.93. The third-order valence-corrected chi connectivity index (χ3v) is 4.85. The third kappa shape index (κ3) is 6.56. The smallest absolute Gasteiger partial charge is 0.411 e. The molecule has 2 aromatic rings. The van der Waals surface area contributed by atoms with Crippen LogP contribution in [-0.4, -0.2) is 27.9 Å². The van der Waals surface area contributed by atoms with Crippen LogP contribution >= 0.6 is 21.6 Å². The van der Waals surface area contributed by atoms with Crippen LogP contribution in [0, 0.1) is 0 Å². The summed E-state index contributed by atoms with van der Waals surface area (Å²) in [6.07, 6.45) is -0.358. The maximum absolute atomic E-state index is 12.3. The van der Waals surface area contributed by atoms with E-state index >= 15 is 0 Å². The fourth-order valence-electron chi connectivity index (χ4n) is 1.92. The quantitative estimate of drug-likeness (QED) is 0.441. The number of aliphatic hydroxyl groups is 1. The number of ether oxygens (including phenoxy) is 1. The first-order chi connectivity index (χ1) is 11.3. The Kier molecular flexibility index (Phi) is 7.86. The van der Waals surface area contributed by atoms with Crippen molar-refractivity contribution in [2.24, 2.45) is 0 Å². The van der Waals surface area contributed by atoms with Gasteiger partial charge in [0, 0.05) is 6.54 Å². The van der Waals surface area contributed by atoms with E-state index in [9.17, 15) is 4.79 Å². The lowest BCUT2D eigenvalue weighted by atomic mass is 10.2. The highest BCUT2D eigenvalue weighted by atomic mass is 33.1. The monoisotopic (exact) mass is 349 g/mol. The molecular weight excluding hydrogens is 330 g/mol. The van der Waals surface area contributed by atoms with Crippen LogP contribution in [0.25, 0.3) is 0 Å². The van der Waals surface area contributed by atoms with Crippen molar-refractivity contribution < 1.29 is 14.6 Å². The average molecular weight is 349 g/mol. The molecule has 2 rings (SSSR count). The van der Waals surface area contributed by atoms with Gasteiger partial charge in [-0.1, -0.05) is 82.3 Å². The molecule has 122 valence electrons. The van der Waals surface area contributed by atoms with Gasteiger partial charge < -0.3 is 9.84 Å². The molecule has 0 fully saturated rings. The lowest BCUT2D eigenvalue weighted by molar-refractivity contribution is 0.101. The minimum atomic E-state index is -0.358. The number of aliphatic hydroxyl groups excluding tert-OH is 1. The number of hydrogen-bond acceptors (Lipinski definition) is 5. The Bertz CT molecular complexity index is 581. The van der Waals surface area contributed by atoms with Crippen LogP contribution in [0.2, 0.25) is 0 Å². The van der Waals surface area contributed by atoms with Gasteiger partial charge in [-0.05, 0) is 11.1 Å². The molecule has 0 saturated heterocycles. The van der Waals surface area contributed by atoms with Crippen molar-refractivity contribution in [3.8, 4) is 0 Å². The van der Waals surface area contributed by atoms with Crippen LogP contribution < -0.4 is 0 Å². The first-order valence-electron chi connectivity index (χ1n) is 7.14. The van der Waals surface area contributed by atoms with Crippen LogP contribution in [0.3, 0.4) is 0 Å². The fraction of sp³-hybridized carbons (Fsp3) is 0.235. The summed E-state index contributed by atoms with van der Waals surface area (Å²) in [6, 6.07) is 19.4. The van der Waals surface area contributed by atoms with Gasteiger partial charge in [-0.2, -0.15) is 0 Å². The maximum Gasteiger partial charge on any atom is 0.411 e. The van der Waals surface area contributed by atoms with Crippen molar-refractivity contribution in [2.75, 3.05) is 11.8 Å². The second-order valence-electron chi connectivity index (χ2n) is 4.72. The van der Waals surface area contributed by atoms with Gasteiger partial charge in [0.25, 0.3) is 0 Å². The second kappa shape index (κ2) is 10.2. The van der Waals surface area contributed by atoms with Crippen LogP contribution in [0.5, 0.6) is 0 Å². The van der Waals surface area contributed by atoms with Crippen LogP contribution in [-0.2, 0) is 17.9 Å². The van der Waals surface area contributed by atoms with E-state index in [4.69, 9.17) is 9.84 Å². The SMILES string of the molecule is O=C(OCc1ccccc1)N(CSSCO)Cc1ccccc1. The van der Waals surface area contributed by atoms with Crippen molar-refractivity contribution >= 4 is 27.7 Å². The van der Waals surface area contributed by atoms with E-state index in [2.05, 4.69) is 0 Å². The summed E-state index contributed by atoms with van der Waals surface area (Å²) in [5.41, 5.74) is 2.00. The van der Waals surface area contributed by atoms with Crippen molar-refractivity contribution in [3.05, 3.63) is 71.8 Å². The topological polar surface area (TPSA) is 49.8 Å². The van der Waals surface area contributed by atoms with Crippen LogP contribution in [0.15, 0.2) is 60.7 Å². The second-order valence-corrected chi connectivity index (χ2v) is 7.12. The summed E-state index contributed by atoms with van der Waals surface area (Å²) in [5.74, 6) is 0.469. The number of carbonyl (C=O) groups excluding carboxylic acids is 1. The average Bonchev–Trinajstić information content (AvgIpc) is 2.61. The van der Waals surface area contributed by atoms with E-state index in [1.54, 1.807) is 4.90 Å². The number of nitrogens with zero attached hydrogens (tertiary/aromatic N) is 1. The first kappa shape index (κ1) is 17.7. The van der Waals surface area contributed by atoms with Crippen molar-refractivity contribution in [1.82, 2.24) is 4.90 Å². The molecule has 1 amide bonds. The molecule has 0 aliphatic carbocycles. The molecule has 0 radical (unpaired) electrons. The maximum atomic E-state index is 12.3. The van der Waals surface area contributed by atoms with Crippen LogP contribution in [0.4, 0.5) is 4.79 Å². The van der Waals surface area contributed by atoms with Gasteiger partial charge in [-0.3, -0.25) is 4.90 Å². The van der Waals surface area contributed by atoms with Crippen molar-refractivity contribution in [1.29, 1.82) is 0 Å². The molecule has 0 heterocycles. The Morgan fingerprint density at radius 3 is 2.17 bits per heavy atom. The lowest BCUT2D eigenvalue weighted by Gasteiger charge is -2.21. The number of hydrogen-bond donors (Lipinski definition) is 1.